The molecule has 0 fully saturated rings. The summed E-state index contributed by atoms with van der Waals surface area (Å²) in [6.45, 7) is 4.68. The monoisotopic (exact) mass is 272 g/mol. The molecule has 0 saturated carbocycles. The van der Waals surface area contributed by atoms with E-state index in [2.05, 4.69) is 0 Å². The summed E-state index contributed by atoms with van der Waals surface area (Å²) in [7, 11) is -1.92. The lowest BCUT2D eigenvalue weighted by Crippen LogP contribution is -2.34. The van der Waals surface area contributed by atoms with E-state index in [1.807, 2.05) is 0 Å². The highest BCUT2D eigenvalue weighted by atomic mass is 32.2. The van der Waals surface area contributed by atoms with E-state index in [1.54, 1.807) is 39.2 Å². The number of benzene rings is 1. The highest BCUT2D eigenvalue weighted by Gasteiger charge is 2.24. The fourth-order valence-corrected chi connectivity index (χ4v) is 3.38. The van der Waals surface area contributed by atoms with Gasteiger partial charge in [0.25, 0.3) is 0 Å². The Balaban J connectivity index is 3.10. The lowest BCUT2D eigenvalue weighted by Gasteiger charge is -2.21. The summed E-state index contributed by atoms with van der Waals surface area (Å²) in [5.41, 5.74) is 6.85. The average Bonchev–Trinajstić information content (AvgIpc) is 2.29. The predicted molar refractivity (Wildman–Crippen MR) is 71.9 cm³/mol. The van der Waals surface area contributed by atoms with Crippen molar-refractivity contribution in [3.8, 4) is 0 Å². The number of nitrogen functional groups attached to an aromatic ring is 1. The van der Waals surface area contributed by atoms with Gasteiger partial charge in [-0.1, -0.05) is 6.92 Å². The normalized spacial score (nSPS) is 12.0. The number of nitrogens with zero attached hydrogens (tertiary/aromatic N) is 1. The zero-order chi connectivity index (χ0) is 13.8. The highest BCUT2D eigenvalue weighted by molar-refractivity contribution is 7.89. The summed E-state index contributed by atoms with van der Waals surface area (Å²) in [5, 5.41) is 0. The van der Waals surface area contributed by atoms with Crippen molar-refractivity contribution in [2.75, 3.05) is 32.5 Å². The molecule has 0 spiro atoms. The van der Waals surface area contributed by atoms with Crippen molar-refractivity contribution in [2.45, 2.75) is 18.7 Å². The van der Waals surface area contributed by atoms with Gasteiger partial charge in [-0.3, -0.25) is 0 Å². The molecule has 0 saturated heterocycles. The van der Waals surface area contributed by atoms with Crippen molar-refractivity contribution in [3.05, 3.63) is 23.8 Å². The van der Waals surface area contributed by atoms with Gasteiger partial charge >= 0.3 is 0 Å². The zero-order valence-corrected chi connectivity index (χ0v) is 11.8. The molecule has 0 heterocycles. The summed E-state index contributed by atoms with van der Waals surface area (Å²) in [5.74, 6) is 0. The molecule has 0 aliphatic rings. The number of hydrogen-bond acceptors (Lipinski definition) is 4. The standard InChI is InChI=1S/C12H20N2O3S/c1-4-14(7-8-17-3)18(15,16)12-6-5-11(13)9-10(12)2/h5-6,9H,4,7-8,13H2,1-3H3. The van der Waals surface area contributed by atoms with E-state index in [0.717, 1.165) is 0 Å². The van der Waals surface area contributed by atoms with E-state index in [4.69, 9.17) is 10.5 Å². The SMILES string of the molecule is CCN(CCOC)S(=O)(=O)c1ccc(N)cc1C. The Labute approximate surface area is 109 Å². The molecule has 1 rings (SSSR count). The van der Waals surface area contributed by atoms with E-state index in [1.165, 1.54) is 4.31 Å². The van der Waals surface area contributed by atoms with Crippen molar-refractivity contribution in [1.29, 1.82) is 0 Å². The summed E-state index contributed by atoms with van der Waals surface area (Å²) < 4.78 is 31.2. The van der Waals surface area contributed by atoms with Gasteiger partial charge in [0.2, 0.25) is 10.0 Å². The van der Waals surface area contributed by atoms with Crippen molar-refractivity contribution >= 4 is 15.7 Å². The van der Waals surface area contributed by atoms with Gasteiger partial charge in [-0.25, -0.2) is 8.42 Å². The van der Waals surface area contributed by atoms with E-state index < -0.39 is 10.0 Å². The third-order valence-corrected chi connectivity index (χ3v) is 4.85. The van der Waals surface area contributed by atoms with Crippen LogP contribution >= 0.6 is 0 Å². The highest BCUT2D eigenvalue weighted by Crippen LogP contribution is 2.21. The van der Waals surface area contributed by atoms with Gasteiger partial charge in [0, 0.05) is 25.9 Å². The molecule has 0 aromatic heterocycles. The molecule has 0 radical (unpaired) electrons. The van der Waals surface area contributed by atoms with Crippen LogP contribution in [0.25, 0.3) is 0 Å². The minimum atomic E-state index is -3.47. The van der Waals surface area contributed by atoms with Gasteiger partial charge in [0.15, 0.2) is 0 Å². The Bertz CT molecular complexity index is 500. The Morgan fingerprint density at radius 1 is 1.39 bits per heavy atom. The number of ether oxygens (including phenoxy) is 1. The average molecular weight is 272 g/mol. The zero-order valence-electron chi connectivity index (χ0n) is 11.0. The van der Waals surface area contributed by atoms with E-state index in [9.17, 15) is 8.42 Å². The Morgan fingerprint density at radius 2 is 2.06 bits per heavy atom. The number of nitrogens with two attached hydrogens (primary N) is 1. The number of hydrogen-bond donors (Lipinski definition) is 1. The van der Waals surface area contributed by atoms with Gasteiger partial charge in [-0.2, -0.15) is 4.31 Å². The molecule has 0 aliphatic carbocycles. The number of anilines is 1. The molecule has 1 aromatic rings. The second-order valence-electron chi connectivity index (χ2n) is 4.01. The molecular formula is C12H20N2O3S. The molecular weight excluding hydrogens is 252 g/mol. The Hall–Kier alpha value is -1.11. The van der Waals surface area contributed by atoms with Crippen LogP contribution in [0.1, 0.15) is 12.5 Å². The smallest absolute Gasteiger partial charge is 0.243 e. The van der Waals surface area contributed by atoms with Crippen molar-refractivity contribution in [2.24, 2.45) is 0 Å². The summed E-state index contributed by atoms with van der Waals surface area (Å²) >= 11 is 0. The quantitative estimate of drug-likeness (QED) is 0.791. The molecule has 0 aliphatic heterocycles. The third-order valence-electron chi connectivity index (χ3n) is 2.71. The lowest BCUT2D eigenvalue weighted by atomic mass is 10.2. The predicted octanol–water partition coefficient (Wildman–Crippen LogP) is 1.23. The summed E-state index contributed by atoms with van der Waals surface area (Å²) in [4.78, 5) is 0.301. The minimum absolute atomic E-state index is 0.301. The van der Waals surface area contributed by atoms with Gasteiger partial charge in [0.05, 0.1) is 11.5 Å². The minimum Gasteiger partial charge on any atom is -0.399 e. The van der Waals surface area contributed by atoms with Gasteiger partial charge < -0.3 is 10.5 Å². The van der Waals surface area contributed by atoms with Crippen LogP contribution < -0.4 is 5.73 Å². The maximum Gasteiger partial charge on any atom is 0.243 e. The van der Waals surface area contributed by atoms with Crippen molar-refractivity contribution in [3.63, 3.8) is 0 Å². The molecule has 0 amide bonds. The topological polar surface area (TPSA) is 72.6 Å². The molecule has 6 heteroatoms. The second-order valence-corrected chi connectivity index (χ2v) is 5.92. The Morgan fingerprint density at radius 3 is 2.56 bits per heavy atom. The largest absolute Gasteiger partial charge is 0.399 e. The summed E-state index contributed by atoms with van der Waals surface area (Å²) in [6, 6.07) is 4.82. The van der Waals surface area contributed by atoms with Crippen LogP contribution in [0.2, 0.25) is 0 Å². The first-order chi connectivity index (χ1) is 8.43. The van der Waals surface area contributed by atoms with Crippen LogP contribution in [0.5, 0.6) is 0 Å². The number of sulfonamides is 1. The van der Waals surface area contributed by atoms with Crippen LogP contribution in [-0.4, -0.2) is 39.5 Å². The van der Waals surface area contributed by atoms with E-state index in [0.29, 0.717) is 35.8 Å². The number of aryl methyl sites for hydroxylation is 1. The van der Waals surface area contributed by atoms with Crippen molar-refractivity contribution in [1.82, 2.24) is 4.31 Å². The lowest BCUT2D eigenvalue weighted by molar-refractivity contribution is 0.180. The number of methoxy groups -OCH3 is 1. The second kappa shape index (κ2) is 6.17. The molecule has 102 valence electrons. The number of rotatable bonds is 6. The maximum absolute atomic E-state index is 12.4. The summed E-state index contributed by atoms with van der Waals surface area (Å²) in [6.07, 6.45) is 0. The van der Waals surface area contributed by atoms with Crippen LogP contribution in [0.15, 0.2) is 23.1 Å². The van der Waals surface area contributed by atoms with Gasteiger partial charge in [-0.15, -0.1) is 0 Å². The first-order valence-electron chi connectivity index (χ1n) is 5.78. The van der Waals surface area contributed by atoms with Gasteiger partial charge in [0.1, 0.15) is 0 Å². The van der Waals surface area contributed by atoms with Gasteiger partial charge in [-0.05, 0) is 30.7 Å². The fourth-order valence-electron chi connectivity index (χ4n) is 1.74. The molecule has 18 heavy (non-hydrogen) atoms. The van der Waals surface area contributed by atoms with Crippen LogP contribution in [0, 0.1) is 6.92 Å². The molecule has 1 aromatic carbocycles. The molecule has 0 bridgehead atoms. The molecule has 0 atom stereocenters. The maximum atomic E-state index is 12.4. The van der Waals surface area contributed by atoms with Crippen LogP contribution in [-0.2, 0) is 14.8 Å². The molecule has 5 nitrogen and oxygen atoms in total. The first-order valence-corrected chi connectivity index (χ1v) is 7.22. The van der Waals surface area contributed by atoms with Crippen LogP contribution in [0.4, 0.5) is 5.69 Å². The first kappa shape index (κ1) is 14.9. The number of likely N-dealkylation sites (N-methyl/N-ethyl adjacent to an activating group) is 1. The molecule has 0 unspecified atom stereocenters. The van der Waals surface area contributed by atoms with E-state index in [-0.39, 0.29) is 0 Å². The fraction of sp³-hybridized carbons (Fsp3) is 0.500. The Kier molecular flexibility index (Phi) is 5.13. The van der Waals surface area contributed by atoms with E-state index >= 15 is 0 Å². The van der Waals surface area contributed by atoms with Crippen LogP contribution in [0.3, 0.4) is 0 Å². The van der Waals surface area contributed by atoms with Crippen molar-refractivity contribution < 1.29 is 13.2 Å². The molecule has 2 N–H and O–H groups in total. The third kappa shape index (κ3) is 3.22.